The summed E-state index contributed by atoms with van der Waals surface area (Å²) in [5.74, 6) is -2.43. The van der Waals surface area contributed by atoms with E-state index in [9.17, 15) is 24.5 Å². The normalized spacial score (nSPS) is 10.5. The zero-order valence-electron chi connectivity index (χ0n) is 18.1. The molecule has 0 aromatic heterocycles. The molecular formula is C23H17ClN4O7. The van der Waals surface area contributed by atoms with Gasteiger partial charge in [0.25, 0.3) is 5.69 Å². The number of methoxy groups -OCH3 is 1. The van der Waals surface area contributed by atoms with Gasteiger partial charge >= 0.3 is 17.8 Å². The van der Waals surface area contributed by atoms with E-state index in [1.165, 1.54) is 74.0 Å². The van der Waals surface area contributed by atoms with Crippen LogP contribution in [0.1, 0.15) is 15.9 Å². The van der Waals surface area contributed by atoms with Gasteiger partial charge < -0.3 is 14.8 Å². The lowest BCUT2D eigenvalue weighted by Gasteiger charge is -2.09. The molecule has 0 fully saturated rings. The molecule has 0 saturated carbocycles. The van der Waals surface area contributed by atoms with E-state index >= 15 is 0 Å². The number of hydrogen-bond acceptors (Lipinski definition) is 8. The molecule has 2 N–H and O–H groups in total. The Labute approximate surface area is 203 Å². The zero-order valence-corrected chi connectivity index (χ0v) is 18.8. The van der Waals surface area contributed by atoms with Crippen molar-refractivity contribution in [1.29, 1.82) is 0 Å². The van der Waals surface area contributed by atoms with Crippen LogP contribution < -0.4 is 20.2 Å². The minimum Gasteiger partial charge on any atom is -0.495 e. The Morgan fingerprint density at radius 2 is 1.74 bits per heavy atom. The molecule has 35 heavy (non-hydrogen) atoms. The maximum atomic E-state index is 12.3. The van der Waals surface area contributed by atoms with Crippen molar-refractivity contribution in [2.75, 3.05) is 12.4 Å². The maximum absolute atomic E-state index is 12.3. The molecule has 0 unspecified atom stereocenters. The topological polar surface area (TPSA) is 149 Å². The third-order valence-corrected chi connectivity index (χ3v) is 4.64. The number of rotatable bonds is 7. The number of nitrogens with one attached hydrogen (secondary N) is 2. The molecule has 178 valence electrons. The number of benzene rings is 3. The number of carbonyl (C=O) groups is 3. The number of hydrogen-bond donors (Lipinski definition) is 2. The second-order valence-electron chi connectivity index (χ2n) is 6.73. The van der Waals surface area contributed by atoms with Crippen LogP contribution in [0.2, 0.25) is 5.02 Å². The molecule has 0 aliphatic heterocycles. The van der Waals surface area contributed by atoms with E-state index in [0.717, 1.165) is 0 Å². The molecule has 3 rings (SSSR count). The van der Waals surface area contributed by atoms with Gasteiger partial charge in [-0.1, -0.05) is 23.7 Å². The van der Waals surface area contributed by atoms with Gasteiger partial charge in [0.2, 0.25) is 0 Å². The number of hydrazone groups is 1. The lowest BCUT2D eigenvalue weighted by atomic mass is 10.2. The molecule has 2 amide bonds. The first-order valence-electron chi connectivity index (χ1n) is 9.82. The first-order chi connectivity index (χ1) is 16.8. The van der Waals surface area contributed by atoms with Crippen molar-refractivity contribution in [2.24, 2.45) is 5.10 Å². The summed E-state index contributed by atoms with van der Waals surface area (Å²) < 4.78 is 10.3. The largest absolute Gasteiger partial charge is 0.495 e. The van der Waals surface area contributed by atoms with Crippen LogP contribution in [0.25, 0.3) is 0 Å². The van der Waals surface area contributed by atoms with E-state index < -0.39 is 22.7 Å². The number of halogens is 1. The maximum Gasteiger partial charge on any atom is 0.350 e. The molecule has 0 spiro atoms. The highest BCUT2D eigenvalue weighted by Gasteiger charge is 2.21. The van der Waals surface area contributed by atoms with Crippen molar-refractivity contribution in [3.05, 3.63) is 93.0 Å². The summed E-state index contributed by atoms with van der Waals surface area (Å²) in [6.45, 7) is 0. The Bertz CT molecular complexity index is 1310. The number of anilines is 1. The molecule has 0 aliphatic carbocycles. The van der Waals surface area contributed by atoms with Gasteiger partial charge in [0.1, 0.15) is 17.1 Å². The molecule has 0 aliphatic rings. The Morgan fingerprint density at radius 3 is 2.43 bits per heavy atom. The van der Waals surface area contributed by atoms with E-state index in [-0.39, 0.29) is 22.7 Å². The first kappa shape index (κ1) is 24.9. The lowest BCUT2D eigenvalue weighted by Crippen LogP contribution is -2.32. The summed E-state index contributed by atoms with van der Waals surface area (Å²) in [7, 11) is 1.40. The molecule has 0 saturated heterocycles. The van der Waals surface area contributed by atoms with Gasteiger partial charge in [0, 0.05) is 11.1 Å². The van der Waals surface area contributed by atoms with Gasteiger partial charge in [-0.3, -0.25) is 19.7 Å². The molecular weight excluding hydrogens is 480 g/mol. The van der Waals surface area contributed by atoms with E-state index in [4.69, 9.17) is 21.1 Å². The summed E-state index contributed by atoms with van der Waals surface area (Å²) in [4.78, 5) is 46.7. The van der Waals surface area contributed by atoms with Crippen LogP contribution in [0.3, 0.4) is 0 Å². The number of nitrogens with zero attached hydrogens (tertiary/aromatic N) is 2. The number of amides is 2. The Morgan fingerprint density at radius 1 is 1.03 bits per heavy atom. The van der Waals surface area contributed by atoms with Crippen LogP contribution in [0, 0.1) is 10.1 Å². The molecule has 3 aromatic rings. The van der Waals surface area contributed by atoms with Crippen molar-refractivity contribution in [2.45, 2.75) is 0 Å². The fourth-order valence-corrected chi connectivity index (χ4v) is 2.93. The zero-order chi connectivity index (χ0) is 25.4. The monoisotopic (exact) mass is 496 g/mol. The molecule has 0 bridgehead atoms. The summed E-state index contributed by atoms with van der Waals surface area (Å²) in [5, 5.41) is 17.5. The Balaban J connectivity index is 1.56. The predicted octanol–water partition coefficient (Wildman–Crippen LogP) is 3.56. The minimum atomic E-state index is -1.03. The average molecular weight is 497 g/mol. The standard InChI is InChI=1S/C23H17ClN4O7/c1-34-20-11-8-15(24)12-18(20)26-21(29)22(30)27-25-13-14-6-9-16(10-7-14)35-23(31)17-4-2-3-5-19(17)28(32)33/h2-13H,1H3,(H,26,29)(H,27,30). The van der Waals surface area contributed by atoms with Crippen LogP contribution in [0.15, 0.2) is 71.8 Å². The van der Waals surface area contributed by atoms with Gasteiger partial charge in [-0.05, 0) is 54.1 Å². The predicted molar refractivity (Wildman–Crippen MR) is 127 cm³/mol. The summed E-state index contributed by atoms with van der Waals surface area (Å²) >= 11 is 5.89. The van der Waals surface area contributed by atoms with Crippen LogP contribution in [-0.4, -0.2) is 36.0 Å². The molecule has 11 nitrogen and oxygen atoms in total. The highest BCUT2D eigenvalue weighted by molar-refractivity contribution is 6.40. The number of ether oxygens (including phenoxy) is 2. The molecule has 0 radical (unpaired) electrons. The smallest absolute Gasteiger partial charge is 0.350 e. The molecule has 0 atom stereocenters. The Kier molecular flexibility index (Phi) is 8.09. The lowest BCUT2D eigenvalue weighted by molar-refractivity contribution is -0.385. The fourth-order valence-electron chi connectivity index (χ4n) is 2.76. The van der Waals surface area contributed by atoms with E-state index in [1.54, 1.807) is 6.07 Å². The van der Waals surface area contributed by atoms with Crippen LogP contribution >= 0.6 is 11.6 Å². The third kappa shape index (κ3) is 6.62. The number of carbonyl (C=O) groups excluding carboxylic acids is 3. The van der Waals surface area contributed by atoms with Crippen LogP contribution in [0.5, 0.6) is 11.5 Å². The summed E-state index contributed by atoms with van der Waals surface area (Å²) in [6, 6.07) is 15.9. The second-order valence-corrected chi connectivity index (χ2v) is 7.17. The summed E-state index contributed by atoms with van der Waals surface area (Å²) in [6.07, 6.45) is 1.26. The number of nitro benzene ring substituents is 1. The SMILES string of the molecule is COc1ccc(Cl)cc1NC(=O)C(=O)NN=Cc1ccc(OC(=O)c2ccccc2[N+](=O)[O-])cc1. The van der Waals surface area contributed by atoms with Gasteiger partial charge in [-0.15, -0.1) is 0 Å². The van der Waals surface area contributed by atoms with Gasteiger partial charge in [-0.25, -0.2) is 10.2 Å². The van der Waals surface area contributed by atoms with Gasteiger partial charge in [-0.2, -0.15) is 5.10 Å². The number of para-hydroxylation sites is 1. The van der Waals surface area contributed by atoms with Crippen molar-refractivity contribution in [1.82, 2.24) is 5.43 Å². The van der Waals surface area contributed by atoms with Crippen molar-refractivity contribution in [3.63, 3.8) is 0 Å². The quantitative estimate of drug-likeness (QED) is 0.127. The van der Waals surface area contributed by atoms with Crippen molar-refractivity contribution >= 4 is 47.0 Å². The van der Waals surface area contributed by atoms with Gasteiger partial charge in [0.05, 0.1) is 23.9 Å². The van der Waals surface area contributed by atoms with E-state index in [2.05, 4.69) is 15.8 Å². The number of nitro groups is 1. The van der Waals surface area contributed by atoms with Gasteiger partial charge in [0.15, 0.2) is 0 Å². The van der Waals surface area contributed by atoms with Crippen LogP contribution in [0.4, 0.5) is 11.4 Å². The van der Waals surface area contributed by atoms with Crippen molar-refractivity contribution < 1.29 is 28.8 Å². The van der Waals surface area contributed by atoms with Crippen LogP contribution in [-0.2, 0) is 9.59 Å². The molecule has 12 heteroatoms. The highest BCUT2D eigenvalue weighted by atomic mass is 35.5. The fraction of sp³-hybridized carbons (Fsp3) is 0.0435. The van der Waals surface area contributed by atoms with E-state index in [1.807, 2.05) is 0 Å². The summed E-state index contributed by atoms with van der Waals surface area (Å²) in [5.41, 5.74) is 2.26. The minimum absolute atomic E-state index is 0.143. The van der Waals surface area contributed by atoms with Crippen molar-refractivity contribution in [3.8, 4) is 11.5 Å². The highest BCUT2D eigenvalue weighted by Crippen LogP contribution is 2.27. The molecule has 3 aromatic carbocycles. The molecule has 0 heterocycles. The average Bonchev–Trinajstić information content (AvgIpc) is 2.85. The third-order valence-electron chi connectivity index (χ3n) is 4.41. The first-order valence-corrected chi connectivity index (χ1v) is 10.2. The second kappa shape index (κ2) is 11.4. The van der Waals surface area contributed by atoms with E-state index in [0.29, 0.717) is 16.3 Å². The Hall–Kier alpha value is -4.77. The number of esters is 1.